The summed E-state index contributed by atoms with van der Waals surface area (Å²) in [6.07, 6.45) is 5.18. The van der Waals surface area contributed by atoms with Crippen LogP contribution in [0.3, 0.4) is 0 Å². The van der Waals surface area contributed by atoms with Crippen LogP contribution in [0.5, 0.6) is 11.5 Å². The van der Waals surface area contributed by atoms with Gasteiger partial charge in [0.25, 0.3) is 6.33 Å². The van der Waals surface area contributed by atoms with Gasteiger partial charge < -0.3 is 4.74 Å². The first-order chi connectivity index (χ1) is 57.8. The van der Waals surface area contributed by atoms with Crippen LogP contribution in [0.25, 0.3) is 61.2 Å². The summed E-state index contributed by atoms with van der Waals surface area (Å²) in [5.74, 6) is 1.09. The number of rotatable bonds is 14. The topological polar surface area (TPSA) is 35.9 Å². The predicted octanol–water partition coefficient (Wildman–Crippen LogP) is 15.0. The molecule has 0 amide bonds. The molecule has 0 unspecified atom stereocenters. The summed E-state index contributed by atoms with van der Waals surface area (Å²) in [4.78, 5) is 4.86. The molecule has 0 saturated heterocycles. The van der Waals surface area contributed by atoms with Gasteiger partial charge in [0.1, 0.15) is 17.3 Å². The summed E-state index contributed by atoms with van der Waals surface area (Å²) in [5.41, 5.74) is 3.21. The Balaban J connectivity index is 1.22. The third-order valence-electron chi connectivity index (χ3n) is 16.9. The van der Waals surface area contributed by atoms with Crippen LogP contribution in [0.4, 0.5) is 0 Å². The van der Waals surface area contributed by atoms with Gasteiger partial charge >= 0.3 is 0 Å². The minimum atomic E-state index is -6.74. The maximum atomic E-state index is 10.4. The Morgan fingerprint density at radius 3 is 1.40 bits per heavy atom. The molecule has 0 aliphatic rings. The molecular weight excluding hydrogens is 1160 g/mol. The molecule has 0 aliphatic carbocycles. The summed E-state index contributed by atoms with van der Waals surface area (Å²) in [7, 11) is -13.5. The normalized spacial score (nSPS) is 16.7. The maximum absolute atomic E-state index is 10.4. The molecule has 450 valence electrons. The van der Waals surface area contributed by atoms with Gasteiger partial charge in [0.15, 0.2) is 16.1 Å². The lowest BCUT2D eigenvalue weighted by atomic mass is 9.86. The smallest absolute Gasteiger partial charge is 0.269 e. The quantitative estimate of drug-likeness (QED) is 0.0471. The summed E-state index contributed by atoms with van der Waals surface area (Å²) < 4.78 is 307. The Labute approximate surface area is 590 Å². The highest BCUT2D eigenvalue weighted by Crippen LogP contribution is 2.37. The molecule has 3 aromatic heterocycles. The zero-order valence-corrected chi connectivity index (χ0v) is 53.1. The van der Waals surface area contributed by atoms with E-state index in [1.54, 1.807) is 48.7 Å². The number of hydrogen-bond acceptors (Lipinski definition) is 2. The lowest BCUT2D eigenvalue weighted by Crippen LogP contribution is -2.80. The fraction of sp³-hybridized carbons (Fsp3) is 0.0930. The van der Waals surface area contributed by atoms with Gasteiger partial charge in [0.2, 0.25) is 0 Å². The number of pyridine rings is 1. The van der Waals surface area contributed by atoms with Crippen molar-refractivity contribution in [3.05, 3.63) is 344 Å². The molecule has 12 aromatic carbocycles. The van der Waals surface area contributed by atoms with E-state index in [-0.39, 0.29) is 33.3 Å². The molecule has 15 aromatic rings. The van der Waals surface area contributed by atoms with E-state index in [4.69, 9.17) is 17.9 Å². The van der Waals surface area contributed by atoms with Crippen LogP contribution in [0, 0.1) is 6.33 Å². The SMILES string of the molecule is [2H]c1c([2H])c([2H])c([Si](c2cccc([Si](c3c([2H])c([2H])c([2H])c([2H])c3[2H])(c3c([2H])c([2H])c([2H])c([2H])c3[2H])c3c([2H])c([2H])c([2H])c([2H])c3[2H])c2-[n+]2[c-]n(-c3cccc(Oc4ccc5c6ccccc6n(-c6cc(C(C)(C)C)ccn6)c5c4)c3)c3cc(-c4ccc(C(C)(C)C)cc4)ccc32)(c2c([2H])c([2H])c([2H])c([2H])c2[2H])c2c([2H])c([2H])c([2H])c([2H])c2[2H])c([2H])c1[2H]. The van der Waals surface area contributed by atoms with Gasteiger partial charge in [-0.25, -0.2) is 4.98 Å². The molecule has 0 radical (unpaired) electrons. The molecular formula is C86H72N4OSi2. The van der Waals surface area contributed by atoms with Gasteiger partial charge in [-0.15, -0.1) is 0 Å². The first-order valence-corrected chi connectivity index (χ1v) is 33.8. The zero-order chi connectivity index (χ0) is 89.4. The Bertz CT molecular complexity index is 6350. The summed E-state index contributed by atoms with van der Waals surface area (Å²) >= 11 is 0. The average molecular weight is 1260 g/mol. The maximum Gasteiger partial charge on any atom is 0.269 e. The Kier molecular flexibility index (Phi) is 8.74. The van der Waals surface area contributed by atoms with Gasteiger partial charge in [0.05, 0.1) is 74.6 Å². The largest absolute Gasteiger partial charge is 0.458 e. The van der Waals surface area contributed by atoms with E-state index in [0.717, 1.165) is 50.2 Å². The van der Waals surface area contributed by atoms with Crippen molar-refractivity contribution in [3.63, 3.8) is 0 Å². The summed E-state index contributed by atoms with van der Waals surface area (Å²) in [5, 5.41) is -6.38. The number of benzene rings is 12. The lowest BCUT2D eigenvalue weighted by molar-refractivity contribution is -0.570. The molecule has 93 heavy (non-hydrogen) atoms. The highest BCUT2D eigenvalue weighted by molar-refractivity contribution is 7.22. The van der Waals surface area contributed by atoms with Gasteiger partial charge in [-0.3, -0.25) is 13.7 Å². The van der Waals surface area contributed by atoms with Crippen LogP contribution < -0.4 is 50.8 Å². The van der Waals surface area contributed by atoms with Crippen LogP contribution in [0.15, 0.2) is 327 Å². The standard InChI is InChI=1S/C86H72N4OSi2/c1-85(2,3)64-50-47-62(48-51-64)63-49-54-78-80(57-63)88(66-29-27-30-67(59-66)91-68-52-53-76-75-43-25-26-44-77(75)90(79(76)60-68)83-58-65(55-56-87-83)86(4,5)6)61-89(78)84-81(92(69-31-13-7-14-32-69,70-33-15-8-16-34-70)71-35-17-9-18-36-71)45-28-46-82(84)93(72-37-19-10-20-38-72,73-39-21-11-22-40-73)74-41-23-12-24-42-74/h7-60H,1-6H3/i7D,8D,9D,10D,11D,12D,13D,14D,15D,16D,17D,18D,19D,20D,21D,22D,23D,24D,31D,32D,33D,34D,35D,36D,37D,38D,39D,40D,41D,42D. The average Bonchev–Trinajstić information content (AvgIpc) is 1.30. The number of ether oxygens (including phenoxy) is 1. The van der Waals surface area contributed by atoms with Crippen LogP contribution in [0.1, 0.15) is 93.8 Å². The molecule has 0 bridgehead atoms. The molecule has 15 rings (SSSR count). The van der Waals surface area contributed by atoms with Crippen molar-refractivity contribution in [3.8, 4) is 39.8 Å². The molecule has 5 nitrogen and oxygen atoms in total. The molecule has 0 atom stereocenters. The zero-order valence-electron chi connectivity index (χ0n) is 81.1. The highest BCUT2D eigenvalue weighted by Gasteiger charge is 2.48. The third-order valence-corrected chi connectivity index (χ3v) is 25.3. The van der Waals surface area contributed by atoms with E-state index in [2.05, 4.69) is 27.1 Å². The van der Waals surface area contributed by atoms with Crippen molar-refractivity contribution in [1.29, 1.82) is 0 Å². The van der Waals surface area contributed by atoms with Crippen molar-refractivity contribution in [2.45, 2.75) is 52.4 Å². The molecule has 0 spiro atoms. The van der Waals surface area contributed by atoms with E-state index in [1.807, 2.05) is 98.1 Å². The second kappa shape index (κ2) is 23.8. The van der Waals surface area contributed by atoms with Crippen LogP contribution in [0.2, 0.25) is 0 Å². The van der Waals surface area contributed by atoms with E-state index in [9.17, 15) is 32.9 Å². The van der Waals surface area contributed by atoms with Crippen molar-refractivity contribution in [2.75, 3.05) is 0 Å². The van der Waals surface area contributed by atoms with Crippen LogP contribution >= 0.6 is 0 Å². The summed E-state index contributed by atoms with van der Waals surface area (Å²) in [6, 6.07) is 3.23. The predicted molar refractivity (Wildman–Crippen MR) is 392 cm³/mol. The fourth-order valence-corrected chi connectivity index (χ4v) is 20.6. The Hall–Kier alpha value is -10.7. The van der Waals surface area contributed by atoms with Gasteiger partial charge in [-0.05, 0) is 129 Å². The molecule has 3 heterocycles. The minimum absolute atomic E-state index is 0.0719. The molecule has 7 heteroatoms. The Morgan fingerprint density at radius 2 is 0.882 bits per heavy atom. The van der Waals surface area contributed by atoms with E-state index < -0.39 is 245 Å². The van der Waals surface area contributed by atoms with Crippen molar-refractivity contribution in [1.82, 2.24) is 14.1 Å². The van der Waals surface area contributed by atoms with Crippen molar-refractivity contribution < 1.29 is 50.4 Å². The first-order valence-electron chi connectivity index (χ1n) is 44.8. The molecule has 0 aliphatic heterocycles. The molecule has 0 N–H and O–H groups in total. The summed E-state index contributed by atoms with van der Waals surface area (Å²) in [6.45, 7) is 12.4. The number of para-hydroxylation sites is 2. The van der Waals surface area contributed by atoms with E-state index >= 15 is 0 Å². The van der Waals surface area contributed by atoms with Crippen LogP contribution in [-0.2, 0) is 10.8 Å². The van der Waals surface area contributed by atoms with E-state index in [1.165, 1.54) is 10.6 Å². The highest BCUT2D eigenvalue weighted by atomic mass is 28.3. The Morgan fingerprint density at radius 1 is 0.409 bits per heavy atom. The van der Waals surface area contributed by atoms with Crippen molar-refractivity contribution >= 4 is 90.5 Å². The number of hydrogen-bond donors (Lipinski definition) is 0. The monoisotopic (exact) mass is 1260 g/mol. The second-order valence-electron chi connectivity index (χ2n) is 24.3. The van der Waals surface area contributed by atoms with E-state index in [0.29, 0.717) is 28.2 Å². The van der Waals surface area contributed by atoms with Gasteiger partial charge in [-0.1, -0.05) is 302 Å². The van der Waals surface area contributed by atoms with Gasteiger partial charge in [-0.2, -0.15) is 0 Å². The third kappa shape index (κ3) is 10.3. The number of nitrogens with zero attached hydrogens (tertiary/aromatic N) is 4. The minimum Gasteiger partial charge on any atom is -0.458 e. The number of fused-ring (bicyclic) bond motifs is 4. The lowest BCUT2D eigenvalue weighted by Gasteiger charge is -2.40. The fourth-order valence-electron chi connectivity index (χ4n) is 12.5. The van der Waals surface area contributed by atoms with Gasteiger partial charge in [0, 0.05) is 23.0 Å². The van der Waals surface area contributed by atoms with Crippen molar-refractivity contribution in [2.24, 2.45) is 0 Å². The number of aromatic nitrogens is 4. The number of imidazole rings is 1. The second-order valence-corrected chi connectivity index (χ2v) is 31.4. The molecule has 0 saturated carbocycles. The van der Waals surface area contributed by atoms with Crippen LogP contribution in [-0.4, -0.2) is 30.3 Å². The first kappa shape index (κ1) is 34.1. The molecule has 0 fully saturated rings.